The van der Waals surface area contributed by atoms with Gasteiger partial charge in [0.2, 0.25) is 0 Å². The Balaban J connectivity index is 0.00000144. The number of carbonyl (C=O) groups excluding carboxylic acids is 1. The van der Waals surface area contributed by atoms with Crippen LogP contribution in [0.15, 0.2) is 22.8 Å². The Labute approximate surface area is 127 Å². The molecule has 2 heterocycles. The third-order valence-corrected chi connectivity index (χ3v) is 3.07. The molecule has 0 unspecified atom stereocenters. The average Bonchev–Trinajstić information content (AvgIpc) is 2.29. The first-order valence-corrected chi connectivity index (χ1v) is 6.10. The first-order valence-electron chi connectivity index (χ1n) is 5.31. The summed E-state index contributed by atoms with van der Waals surface area (Å²) < 4.78 is 0.887. The molecule has 0 spiro atoms. The third-order valence-electron chi connectivity index (χ3n) is 2.60. The number of halogens is 3. The normalized spacial score (nSPS) is 18.6. The predicted molar refractivity (Wildman–Crippen MR) is 79.8 cm³/mol. The lowest BCUT2D eigenvalue weighted by Gasteiger charge is -2.31. The van der Waals surface area contributed by atoms with Crippen molar-refractivity contribution in [2.75, 3.05) is 19.6 Å². The molecule has 18 heavy (non-hydrogen) atoms. The van der Waals surface area contributed by atoms with Crippen LogP contribution in [-0.4, -0.2) is 41.5 Å². The second kappa shape index (κ2) is 7.94. The summed E-state index contributed by atoms with van der Waals surface area (Å²) in [7, 11) is 0. The van der Waals surface area contributed by atoms with Crippen LogP contribution in [0.5, 0.6) is 0 Å². The summed E-state index contributed by atoms with van der Waals surface area (Å²) in [6.45, 7) is 4.43. The van der Waals surface area contributed by atoms with Crippen molar-refractivity contribution < 1.29 is 4.79 Å². The molecular formula is C11H16BrCl2N3O. The molecule has 1 aliphatic rings. The predicted octanol–water partition coefficient (Wildman–Crippen LogP) is 2.12. The summed E-state index contributed by atoms with van der Waals surface area (Å²) in [6.07, 6.45) is 1.65. The van der Waals surface area contributed by atoms with Crippen LogP contribution in [0.25, 0.3) is 0 Å². The molecule has 1 N–H and O–H groups in total. The lowest BCUT2D eigenvalue weighted by atomic mass is 10.2. The summed E-state index contributed by atoms with van der Waals surface area (Å²) >= 11 is 3.30. The number of carbonyl (C=O) groups is 1. The van der Waals surface area contributed by atoms with Gasteiger partial charge in [0.05, 0.1) is 0 Å². The standard InChI is InChI=1S/C11H14BrN3O.2ClH/c1-8-7-15(5-4-13-8)11(16)10-3-2-9(12)6-14-10;;/h2-3,6,8,13H,4-5,7H2,1H3;2*1H/t8-;;/m0../s1. The number of hydrogen-bond donors (Lipinski definition) is 1. The fraction of sp³-hybridized carbons (Fsp3) is 0.455. The van der Waals surface area contributed by atoms with Crippen molar-refractivity contribution in [2.45, 2.75) is 13.0 Å². The van der Waals surface area contributed by atoms with Gasteiger partial charge in [-0.05, 0) is 35.0 Å². The Morgan fingerprint density at radius 2 is 2.22 bits per heavy atom. The molecule has 7 heteroatoms. The van der Waals surface area contributed by atoms with Gasteiger partial charge in [-0.1, -0.05) is 0 Å². The fourth-order valence-electron chi connectivity index (χ4n) is 1.78. The molecule has 1 fully saturated rings. The second-order valence-corrected chi connectivity index (χ2v) is 4.88. The maximum atomic E-state index is 12.1. The molecule has 1 aromatic rings. The lowest BCUT2D eigenvalue weighted by Crippen LogP contribution is -2.51. The van der Waals surface area contributed by atoms with Gasteiger partial charge in [-0.25, -0.2) is 4.98 Å². The molecule has 4 nitrogen and oxygen atoms in total. The number of nitrogens with one attached hydrogen (secondary N) is 1. The largest absolute Gasteiger partial charge is 0.334 e. The molecule has 0 radical (unpaired) electrons. The van der Waals surface area contributed by atoms with Crippen molar-refractivity contribution in [3.8, 4) is 0 Å². The van der Waals surface area contributed by atoms with Crippen LogP contribution in [-0.2, 0) is 0 Å². The van der Waals surface area contributed by atoms with Crippen molar-refractivity contribution in [1.29, 1.82) is 0 Å². The highest BCUT2D eigenvalue weighted by atomic mass is 79.9. The third kappa shape index (κ3) is 4.39. The van der Waals surface area contributed by atoms with Gasteiger partial charge < -0.3 is 10.2 Å². The Morgan fingerprint density at radius 3 is 2.78 bits per heavy atom. The first-order chi connectivity index (χ1) is 7.66. The molecule has 0 saturated carbocycles. The van der Waals surface area contributed by atoms with Crippen LogP contribution in [0.3, 0.4) is 0 Å². The van der Waals surface area contributed by atoms with Gasteiger partial charge >= 0.3 is 0 Å². The number of nitrogens with zero attached hydrogens (tertiary/aromatic N) is 2. The van der Waals surface area contributed by atoms with E-state index < -0.39 is 0 Å². The van der Waals surface area contributed by atoms with Crippen LogP contribution in [0.2, 0.25) is 0 Å². The van der Waals surface area contributed by atoms with Crippen molar-refractivity contribution >= 4 is 46.7 Å². The Kier molecular flexibility index (Phi) is 7.78. The van der Waals surface area contributed by atoms with Crippen LogP contribution in [0.4, 0.5) is 0 Å². The van der Waals surface area contributed by atoms with Gasteiger partial charge in [-0.15, -0.1) is 24.8 Å². The molecule has 1 amide bonds. The second-order valence-electron chi connectivity index (χ2n) is 3.97. The first kappa shape index (κ1) is 17.6. The number of piperazine rings is 1. The van der Waals surface area contributed by atoms with E-state index in [1.165, 1.54) is 0 Å². The van der Waals surface area contributed by atoms with Crippen molar-refractivity contribution in [3.05, 3.63) is 28.5 Å². The van der Waals surface area contributed by atoms with Crippen molar-refractivity contribution in [1.82, 2.24) is 15.2 Å². The van der Waals surface area contributed by atoms with Crippen LogP contribution < -0.4 is 5.32 Å². The van der Waals surface area contributed by atoms with Crippen LogP contribution in [0, 0.1) is 0 Å². The van der Waals surface area contributed by atoms with Crippen LogP contribution in [0.1, 0.15) is 17.4 Å². The van der Waals surface area contributed by atoms with E-state index in [-0.39, 0.29) is 30.7 Å². The minimum Gasteiger partial charge on any atom is -0.334 e. The number of rotatable bonds is 1. The molecule has 102 valence electrons. The quantitative estimate of drug-likeness (QED) is 0.838. The van der Waals surface area contributed by atoms with Crippen molar-refractivity contribution in [3.63, 3.8) is 0 Å². The molecule has 0 aromatic carbocycles. The van der Waals surface area contributed by atoms with E-state index in [0.717, 1.165) is 24.1 Å². The van der Waals surface area contributed by atoms with Gasteiger partial charge in [0.1, 0.15) is 5.69 Å². The molecule has 0 bridgehead atoms. The molecular weight excluding hydrogens is 341 g/mol. The van der Waals surface area contributed by atoms with Gasteiger partial charge in [0, 0.05) is 36.3 Å². The Bertz CT molecular complexity index is 388. The summed E-state index contributed by atoms with van der Waals surface area (Å²) in [5.41, 5.74) is 0.511. The summed E-state index contributed by atoms with van der Waals surface area (Å²) in [4.78, 5) is 18.0. The fourth-order valence-corrected chi connectivity index (χ4v) is 2.02. The zero-order valence-electron chi connectivity index (χ0n) is 9.93. The maximum absolute atomic E-state index is 12.1. The van der Waals surface area contributed by atoms with Crippen LogP contribution >= 0.6 is 40.7 Å². The Morgan fingerprint density at radius 1 is 1.50 bits per heavy atom. The monoisotopic (exact) mass is 355 g/mol. The number of pyridine rings is 1. The molecule has 1 saturated heterocycles. The molecule has 1 aliphatic heterocycles. The van der Waals surface area contributed by atoms with E-state index in [1.54, 1.807) is 12.3 Å². The van der Waals surface area contributed by atoms with E-state index in [2.05, 4.69) is 33.2 Å². The van der Waals surface area contributed by atoms with E-state index in [4.69, 9.17) is 0 Å². The zero-order valence-corrected chi connectivity index (χ0v) is 13.1. The van der Waals surface area contributed by atoms with Gasteiger partial charge in [-0.2, -0.15) is 0 Å². The number of aromatic nitrogens is 1. The highest BCUT2D eigenvalue weighted by molar-refractivity contribution is 9.10. The summed E-state index contributed by atoms with van der Waals surface area (Å²) in [5, 5.41) is 3.31. The summed E-state index contributed by atoms with van der Waals surface area (Å²) in [6, 6.07) is 3.94. The van der Waals surface area contributed by atoms with Gasteiger partial charge in [0.15, 0.2) is 0 Å². The lowest BCUT2D eigenvalue weighted by molar-refractivity contribution is 0.0703. The van der Waals surface area contributed by atoms with E-state index >= 15 is 0 Å². The highest BCUT2D eigenvalue weighted by Gasteiger charge is 2.22. The highest BCUT2D eigenvalue weighted by Crippen LogP contribution is 2.10. The molecule has 2 rings (SSSR count). The van der Waals surface area contributed by atoms with Gasteiger partial charge in [-0.3, -0.25) is 4.79 Å². The minimum atomic E-state index is 0. The maximum Gasteiger partial charge on any atom is 0.272 e. The number of hydrogen-bond acceptors (Lipinski definition) is 3. The molecule has 1 atom stereocenters. The van der Waals surface area contributed by atoms with Crippen molar-refractivity contribution in [2.24, 2.45) is 0 Å². The Hall–Kier alpha value is -0.360. The topological polar surface area (TPSA) is 45.2 Å². The number of amides is 1. The average molecular weight is 357 g/mol. The smallest absolute Gasteiger partial charge is 0.272 e. The van der Waals surface area contributed by atoms with Gasteiger partial charge in [0.25, 0.3) is 5.91 Å². The SMILES string of the molecule is C[C@H]1CN(C(=O)c2ccc(Br)cn2)CCN1.Cl.Cl. The van der Waals surface area contributed by atoms with E-state index in [0.29, 0.717) is 11.7 Å². The molecule has 0 aliphatic carbocycles. The molecule has 1 aromatic heterocycles. The van der Waals surface area contributed by atoms with E-state index in [1.807, 2.05) is 11.0 Å². The minimum absolute atomic E-state index is 0. The van der Waals surface area contributed by atoms with E-state index in [9.17, 15) is 4.79 Å². The summed E-state index contributed by atoms with van der Waals surface area (Å²) in [5.74, 6) is 0.0147. The zero-order chi connectivity index (χ0) is 11.5.